The van der Waals surface area contributed by atoms with Crippen LogP contribution in [0.3, 0.4) is 0 Å². The van der Waals surface area contributed by atoms with Gasteiger partial charge >= 0.3 is 0 Å². The number of nitrogens with zero attached hydrogens (tertiary/aromatic N) is 2. The Hall–Kier alpha value is -5.08. The van der Waals surface area contributed by atoms with E-state index in [1.807, 2.05) is 36.9 Å². The van der Waals surface area contributed by atoms with Crippen LogP contribution >= 0.6 is 0 Å². The van der Waals surface area contributed by atoms with Gasteiger partial charge in [-0.1, -0.05) is 109 Å². The van der Waals surface area contributed by atoms with Crippen LogP contribution in [0.2, 0.25) is 0 Å². The fraction of sp³-hybridized carbons (Fsp3) is 0. The molecule has 0 fully saturated rings. The fourth-order valence-electron chi connectivity index (χ4n) is 5.47. The van der Waals surface area contributed by atoms with E-state index in [1.165, 1.54) is 32.7 Å². The first-order chi connectivity index (χ1) is 18.9. The molecular weight excluding hydrogens is 460 g/mol. The first-order valence-corrected chi connectivity index (χ1v) is 12.8. The van der Waals surface area contributed by atoms with Crippen LogP contribution in [0.1, 0.15) is 0 Å². The Morgan fingerprint density at radius 1 is 0.289 bits per heavy atom. The molecule has 5 aromatic carbocycles. The van der Waals surface area contributed by atoms with Gasteiger partial charge in [-0.25, -0.2) is 0 Å². The molecule has 2 heteroatoms. The van der Waals surface area contributed by atoms with Crippen LogP contribution in [0.25, 0.3) is 66.1 Å². The van der Waals surface area contributed by atoms with E-state index in [9.17, 15) is 0 Å². The maximum absolute atomic E-state index is 4.71. The zero-order chi connectivity index (χ0) is 25.3. The molecule has 2 nitrogen and oxygen atoms in total. The molecule has 2 heterocycles. The molecule has 0 aliphatic rings. The fourth-order valence-corrected chi connectivity index (χ4v) is 5.47. The van der Waals surface area contributed by atoms with Gasteiger partial charge in [-0.2, -0.15) is 0 Å². The van der Waals surface area contributed by atoms with Crippen molar-refractivity contribution in [3.63, 3.8) is 0 Å². The SMILES string of the molecule is c1ccc(-c2cncc(-c3c(-c4cncc(-c5ccccc5)c4)c4ccccc4c4ccccc34)c2)cc1. The summed E-state index contributed by atoms with van der Waals surface area (Å²) in [6.07, 6.45) is 7.86. The summed E-state index contributed by atoms with van der Waals surface area (Å²) >= 11 is 0. The lowest BCUT2D eigenvalue weighted by molar-refractivity contribution is 1.32. The quantitative estimate of drug-likeness (QED) is 0.233. The van der Waals surface area contributed by atoms with Crippen LogP contribution < -0.4 is 0 Å². The highest BCUT2D eigenvalue weighted by molar-refractivity contribution is 6.21. The Bertz CT molecular complexity index is 1770. The topological polar surface area (TPSA) is 25.8 Å². The maximum Gasteiger partial charge on any atom is 0.0347 e. The van der Waals surface area contributed by atoms with Gasteiger partial charge in [0, 0.05) is 47.0 Å². The van der Waals surface area contributed by atoms with Crippen molar-refractivity contribution in [1.29, 1.82) is 0 Å². The average Bonchev–Trinajstić information content (AvgIpc) is 3.01. The molecule has 2 aromatic heterocycles. The number of benzene rings is 5. The number of pyridine rings is 2. The largest absolute Gasteiger partial charge is 0.263 e. The van der Waals surface area contributed by atoms with E-state index in [1.54, 1.807) is 0 Å². The third kappa shape index (κ3) is 3.84. The Morgan fingerprint density at radius 3 is 1.05 bits per heavy atom. The van der Waals surface area contributed by atoms with Gasteiger partial charge in [-0.15, -0.1) is 0 Å². The molecule has 0 saturated heterocycles. The smallest absolute Gasteiger partial charge is 0.0347 e. The third-order valence-corrected chi connectivity index (χ3v) is 7.20. The molecule has 0 N–H and O–H groups in total. The van der Waals surface area contributed by atoms with E-state index in [0.717, 1.165) is 33.4 Å². The van der Waals surface area contributed by atoms with Crippen molar-refractivity contribution in [2.24, 2.45) is 0 Å². The molecule has 178 valence electrons. The van der Waals surface area contributed by atoms with Gasteiger partial charge in [-0.05, 0) is 55.9 Å². The highest BCUT2D eigenvalue weighted by Crippen LogP contribution is 2.45. The van der Waals surface area contributed by atoms with Gasteiger partial charge in [0.15, 0.2) is 0 Å². The van der Waals surface area contributed by atoms with Crippen molar-refractivity contribution in [2.75, 3.05) is 0 Å². The van der Waals surface area contributed by atoms with E-state index in [-0.39, 0.29) is 0 Å². The van der Waals surface area contributed by atoms with Crippen molar-refractivity contribution in [3.05, 3.63) is 146 Å². The molecule has 0 bridgehead atoms. The second kappa shape index (κ2) is 9.42. The standard InChI is InChI=1S/C36H24N2/c1-3-11-25(12-4-1)27-19-29(23-37-21-27)35-33-17-9-7-15-31(33)32-16-8-10-18-34(32)36(35)30-20-28(22-38-24-30)26-13-5-2-6-14-26/h1-24H. The Balaban J connectivity index is 1.57. The van der Waals surface area contributed by atoms with Gasteiger partial charge in [-0.3, -0.25) is 9.97 Å². The molecule has 0 aliphatic heterocycles. The summed E-state index contributed by atoms with van der Waals surface area (Å²) in [6.45, 7) is 0. The van der Waals surface area contributed by atoms with Crippen molar-refractivity contribution in [3.8, 4) is 44.5 Å². The molecule has 0 unspecified atom stereocenters. The molecule has 0 atom stereocenters. The number of hydrogen-bond donors (Lipinski definition) is 0. The molecule has 0 aliphatic carbocycles. The first kappa shape index (κ1) is 22.1. The minimum absolute atomic E-state index is 1.09. The first-order valence-electron chi connectivity index (χ1n) is 12.8. The van der Waals surface area contributed by atoms with E-state index < -0.39 is 0 Å². The Labute approximate surface area is 221 Å². The summed E-state index contributed by atoms with van der Waals surface area (Å²) < 4.78 is 0. The number of fused-ring (bicyclic) bond motifs is 3. The molecule has 0 spiro atoms. The second-order valence-corrected chi connectivity index (χ2v) is 9.50. The van der Waals surface area contributed by atoms with Crippen molar-refractivity contribution in [1.82, 2.24) is 9.97 Å². The summed E-state index contributed by atoms with van der Waals surface area (Å²) in [7, 11) is 0. The lowest BCUT2D eigenvalue weighted by Gasteiger charge is -2.19. The highest BCUT2D eigenvalue weighted by atomic mass is 14.6. The van der Waals surface area contributed by atoms with Gasteiger partial charge in [0.25, 0.3) is 0 Å². The number of rotatable bonds is 4. The molecule has 0 amide bonds. The lowest BCUT2D eigenvalue weighted by atomic mass is 9.85. The normalized spacial score (nSPS) is 11.2. The average molecular weight is 485 g/mol. The van der Waals surface area contributed by atoms with Crippen LogP contribution in [0, 0.1) is 0 Å². The Kier molecular flexibility index (Phi) is 5.49. The minimum atomic E-state index is 1.09. The van der Waals surface area contributed by atoms with Crippen LogP contribution in [0.4, 0.5) is 0 Å². The highest BCUT2D eigenvalue weighted by Gasteiger charge is 2.19. The molecule has 7 rings (SSSR count). The predicted molar refractivity (Wildman–Crippen MR) is 159 cm³/mol. The van der Waals surface area contributed by atoms with Gasteiger partial charge in [0.1, 0.15) is 0 Å². The van der Waals surface area contributed by atoms with Crippen molar-refractivity contribution < 1.29 is 0 Å². The van der Waals surface area contributed by atoms with Crippen molar-refractivity contribution in [2.45, 2.75) is 0 Å². The van der Waals surface area contributed by atoms with Crippen LogP contribution in [0.5, 0.6) is 0 Å². The molecule has 38 heavy (non-hydrogen) atoms. The zero-order valence-electron chi connectivity index (χ0n) is 20.8. The summed E-state index contributed by atoms with van der Waals surface area (Å²) in [5, 5.41) is 4.88. The van der Waals surface area contributed by atoms with Gasteiger partial charge < -0.3 is 0 Å². The lowest BCUT2D eigenvalue weighted by Crippen LogP contribution is -1.94. The van der Waals surface area contributed by atoms with E-state index in [2.05, 4.69) is 109 Å². The Morgan fingerprint density at radius 2 is 0.632 bits per heavy atom. The summed E-state index contributed by atoms with van der Waals surface area (Å²) in [5.74, 6) is 0. The molecule has 0 saturated carbocycles. The van der Waals surface area contributed by atoms with E-state index in [0.29, 0.717) is 0 Å². The maximum atomic E-state index is 4.71. The zero-order valence-corrected chi connectivity index (χ0v) is 20.8. The van der Waals surface area contributed by atoms with E-state index in [4.69, 9.17) is 9.97 Å². The van der Waals surface area contributed by atoms with E-state index >= 15 is 0 Å². The summed E-state index contributed by atoms with van der Waals surface area (Å²) in [6, 6.07) is 42.8. The number of hydrogen-bond acceptors (Lipinski definition) is 2. The molecular formula is C36H24N2. The monoisotopic (exact) mass is 484 g/mol. The number of aromatic nitrogens is 2. The van der Waals surface area contributed by atoms with Crippen LogP contribution in [0.15, 0.2) is 146 Å². The summed E-state index contributed by atoms with van der Waals surface area (Å²) in [5.41, 5.74) is 9.04. The third-order valence-electron chi connectivity index (χ3n) is 7.20. The minimum Gasteiger partial charge on any atom is -0.263 e. The second-order valence-electron chi connectivity index (χ2n) is 9.50. The predicted octanol–water partition coefficient (Wildman–Crippen LogP) is 9.45. The van der Waals surface area contributed by atoms with Crippen molar-refractivity contribution >= 4 is 21.5 Å². The molecule has 0 radical (unpaired) electrons. The summed E-state index contributed by atoms with van der Waals surface area (Å²) in [4.78, 5) is 9.42. The van der Waals surface area contributed by atoms with Crippen LogP contribution in [-0.2, 0) is 0 Å². The van der Waals surface area contributed by atoms with Gasteiger partial charge in [0.2, 0.25) is 0 Å². The van der Waals surface area contributed by atoms with Crippen LogP contribution in [-0.4, -0.2) is 9.97 Å². The molecule has 7 aromatic rings. The van der Waals surface area contributed by atoms with Gasteiger partial charge in [0.05, 0.1) is 0 Å².